The zero-order chi connectivity index (χ0) is 14.6. The molecule has 0 aromatic rings. The normalized spacial score (nSPS) is 31.2. The standard InChI is InChI=1S/C18H36N2/c1-4-10-20(13-16-7-8-16)18(14-19)9-5-6-17(12-18)11-15(2)3/h15-17H,4-14,19H2,1-3H3. The van der Waals surface area contributed by atoms with Crippen molar-refractivity contribution in [2.75, 3.05) is 19.6 Å². The number of nitrogens with two attached hydrogens (primary N) is 1. The molecule has 0 heterocycles. The molecule has 2 nitrogen and oxygen atoms in total. The van der Waals surface area contributed by atoms with E-state index in [9.17, 15) is 0 Å². The lowest BCUT2D eigenvalue weighted by atomic mass is 9.72. The first-order valence-electron chi connectivity index (χ1n) is 9.04. The topological polar surface area (TPSA) is 29.3 Å². The van der Waals surface area contributed by atoms with E-state index in [1.165, 1.54) is 64.5 Å². The highest BCUT2D eigenvalue weighted by atomic mass is 15.2. The predicted molar refractivity (Wildman–Crippen MR) is 87.8 cm³/mol. The minimum absolute atomic E-state index is 0.330. The van der Waals surface area contributed by atoms with Crippen molar-refractivity contribution in [1.82, 2.24) is 4.90 Å². The minimum Gasteiger partial charge on any atom is -0.329 e. The summed E-state index contributed by atoms with van der Waals surface area (Å²) in [4.78, 5) is 2.80. The van der Waals surface area contributed by atoms with E-state index in [2.05, 4.69) is 25.7 Å². The first-order valence-corrected chi connectivity index (χ1v) is 9.04. The summed E-state index contributed by atoms with van der Waals surface area (Å²) in [5.41, 5.74) is 6.65. The molecule has 0 amide bonds. The summed E-state index contributed by atoms with van der Waals surface area (Å²) in [6.07, 6.45) is 11.1. The van der Waals surface area contributed by atoms with Crippen LogP contribution in [0.1, 0.15) is 72.1 Å². The summed E-state index contributed by atoms with van der Waals surface area (Å²) < 4.78 is 0. The van der Waals surface area contributed by atoms with Gasteiger partial charge in [-0.3, -0.25) is 4.90 Å². The summed E-state index contributed by atoms with van der Waals surface area (Å²) in [7, 11) is 0. The van der Waals surface area contributed by atoms with Gasteiger partial charge >= 0.3 is 0 Å². The molecule has 2 rings (SSSR count). The average molecular weight is 280 g/mol. The van der Waals surface area contributed by atoms with E-state index in [0.29, 0.717) is 5.54 Å². The summed E-state index contributed by atoms with van der Waals surface area (Å²) >= 11 is 0. The van der Waals surface area contributed by atoms with Crippen LogP contribution >= 0.6 is 0 Å². The Hall–Kier alpha value is -0.0800. The Labute approximate surface area is 126 Å². The van der Waals surface area contributed by atoms with Crippen LogP contribution in [0.3, 0.4) is 0 Å². The molecule has 0 aromatic carbocycles. The molecule has 0 bridgehead atoms. The Morgan fingerprint density at radius 2 is 1.95 bits per heavy atom. The Kier molecular flexibility index (Phi) is 5.92. The summed E-state index contributed by atoms with van der Waals surface area (Å²) in [5, 5.41) is 0. The molecule has 2 saturated carbocycles. The number of rotatable bonds is 8. The second-order valence-electron chi connectivity index (χ2n) is 7.91. The third-order valence-electron chi connectivity index (χ3n) is 5.45. The van der Waals surface area contributed by atoms with Gasteiger partial charge in [-0.15, -0.1) is 0 Å². The van der Waals surface area contributed by atoms with E-state index < -0.39 is 0 Å². The van der Waals surface area contributed by atoms with Gasteiger partial charge in [-0.1, -0.05) is 33.6 Å². The first kappa shape index (κ1) is 16.3. The van der Waals surface area contributed by atoms with E-state index in [0.717, 1.165) is 24.3 Å². The van der Waals surface area contributed by atoms with Gasteiger partial charge in [0.25, 0.3) is 0 Å². The molecule has 2 atom stereocenters. The van der Waals surface area contributed by atoms with Gasteiger partial charge < -0.3 is 5.73 Å². The molecular weight excluding hydrogens is 244 g/mol. The van der Waals surface area contributed by atoms with Crippen molar-refractivity contribution in [2.45, 2.75) is 77.7 Å². The van der Waals surface area contributed by atoms with Crippen molar-refractivity contribution < 1.29 is 0 Å². The van der Waals surface area contributed by atoms with Crippen LogP contribution in [0.15, 0.2) is 0 Å². The molecule has 0 aromatic heterocycles. The summed E-state index contributed by atoms with van der Waals surface area (Å²) in [6, 6.07) is 0. The number of hydrogen-bond acceptors (Lipinski definition) is 2. The zero-order valence-corrected chi connectivity index (χ0v) is 14.0. The van der Waals surface area contributed by atoms with Crippen LogP contribution in [0.25, 0.3) is 0 Å². The molecule has 2 N–H and O–H groups in total. The number of hydrogen-bond donors (Lipinski definition) is 1. The second kappa shape index (κ2) is 7.26. The van der Waals surface area contributed by atoms with Crippen molar-refractivity contribution in [3.8, 4) is 0 Å². The molecule has 2 unspecified atom stereocenters. The SMILES string of the molecule is CCCN(CC1CC1)C1(CN)CCCC(CC(C)C)C1. The van der Waals surface area contributed by atoms with Gasteiger partial charge in [-0.2, -0.15) is 0 Å². The van der Waals surface area contributed by atoms with E-state index in [1.54, 1.807) is 0 Å². The lowest BCUT2D eigenvalue weighted by Crippen LogP contribution is -2.57. The average Bonchev–Trinajstić information content (AvgIpc) is 3.21. The van der Waals surface area contributed by atoms with Crippen LogP contribution in [0.4, 0.5) is 0 Å². The smallest absolute Gasteiger partial charge is 0.0334 e. The van der Waals surface area contributed by atoms with Crippen LogP contribution in [0, 0.1) is 17.8 Å². The fourth-order valence-corrected chi connectivity index (χ4v) is 4.33. The molecule has 2 aliphatic carbocycles. The molecule has 0 saturated heterocycles. The highest BCUT2D eigenvalue weighted by Gasteiger charge is 2.41. The van der Waals surface area contributed by atoms with Gasteiger partial charge in [0, 0.05) is 18.6 Å². The maximum atomic E-state index is 6.32. The quantitative estimate of drug-likeness (QED) is 0.727. The van der Waals surface area contributed by atoms with E-state index in [-0.39, 0.29) is 0 Å². The molecule has 0 radical (unpaired) electrons. The maximum absolute atomic E-state index is 6.32. The van der Waals surface area contributed by atoms with Crippen LogP contribution in [0.2, 0.25) is 0 Å². The van der Waals surface area contributed by atoms with E-state index >= 15 is 0 Å². The monoisotopic (exact) mass is 280 g/mol. The van der Waals surface area contributed by atoms with Gasteiger partial charge in [0.05, 0.1) is 0 Å². The van der Waals surface area contributed by atoms with Crippen LogP contribution in [-0.4, -0.2) is 30.1 Å². The third-order valence-corrected chi connectivity index (χ3v) is 5.45. The van der Waals surface area contributed by atoms with Crippen molar-refractivity contribution >= 4 is 0 Å². The Bertz CT molecular complexity index is 285. The molecular formula is C18H36N2. The molecule has 2 heteroatoms. The van der Waals surface area contributed by atoms with Gasteiger partial charge in [-0.25, -0.2) is 0 Å². The van der Waals surface area contributed by atoms with Crippen LogP contribution in [-0.2, 0) is 0 Å². The third kappa shape index (κ3) is 4.21. The van der Waals surface area contributed by atoms with Crippen molar-refractivity contribution in [3.63, 3.8) is 0 Å². The maximum Gasteiger partial charge on any atom is 0.0334 e. The lowest BCUT2D eigenvalue weighted by Gasteiger charge is -2.49. The molecule has 2 aliphatic rings. The summed E-state index contributed by atoms with van der Waals surface area (Å²) in [5.74, 6) is 2.72. The Morgan fingerprint density at radius 3 is 2.50 bits per heavy atom. The highest BCUT2D eigenvalue weighted by molar-refractivity contribution is 4.98. The van der Waals surface area contributed by atoms with Crippen LogP contribution < -0.4 is 5.73 Å². The second-order valence-corrected chi connectivity index (χ2v) is 7.91. The Balaban J connectivity index is 2.03. The molecule has 0 spiro atoms. The fourth-order valence-electron chi connectivity index (χ4n) is 4.33. The minimum atomic E-state index is 0.330. The fraction of sp³-hybridized carbons (Fsp3) is 1.00. The molecule has 20 heavy (non-hydrogen) atoms. The van der Waals surface area contributed by atoms with Gasteiger partial charge in [0.15, 0.2) is 0 Å². The van der Waals surface area contributed by atoms with E-state index in [4.69, 9.17) is 5.73 Å². The molecule has 0 aliphatic heterocycles. The van der Waals surface area contributed by atoms with Crippen LogP contribution in [0.5, 0.6) is 0 Å². The number of nitrogens with zero attached hydrogens (tertiary/aromatic N) is 1. The van der Waals surface area contributed by atoms with Gasteiger partial charge in [0.2, 0.25) is 0 Å². The first-order chi connectivity index (χ1) is 9.59. The largest absolute Gasteiger partial charge is 0.329 e. The Morgan fingerprint density at radius 1 is 1.20 bits per heavy atom. The molecule has 2 fully saturated rings. The summed E-state index contributed by atoms with van der Waals surface area (Å²) in [6.45, 7) is 10.5. The van der Waals surface area contributed by atoms with Gasteiger partial charge in [0.1, 0.15) is 0 Å². The molecule has 118 valence electrons. The zero-order valence-electron chi connectivity index (χ0n) is 14.0. The lowest BCUT2D eigenvalue weighted by molar-refractivity contribution is 0.0274. The highest BCUT2D eigenvalue weighted by Crippen LogP contribution is 2.41. The van der Waals surface area contributed by atoms with Crippen molar-refractivity contribution in [2.24, 2.45) is 23.5 Å². The van der Waals surface area contributed by atoms with Crippen molar-refractivity contribution in [3.05, 3.63) is 0 Å². The predicted octanol–water partition coefficient (Wildman–Crippen LogP) is 4.04. The van der Waals surface area contributed by atoms with E-state index in [1.807, 2.05) is 0 Å². The van der Waals surface area contributed by atoms with Crippen molar-refractivity contribution in [1.29, 1.82) is 0 Å². The van der Waals surface area contributed by atoms with Gasteiger partial charge in [-0.05, 0) is 62.8 Å².